The van der Waals surface area contributed by atoms with Gasteiger partial charge in [0, 0.05) is 5.92 Å². The van der Waals surface area contributed by atoms with Crippen LogP contribution in [0.5, 0.6) is 0 Å². The lowest BCUT2D eigenvalue weighted by Crippen LogP contribution is -2.28. The zero-order valence-electron chi connectivity index (χ0n) is 9.42. The fourth-order valence-electron chi connectivity index (χ4n) is 2.43. The molecule has 0 radical (unpaired) electrons. The Balaban J connectivity index is 2.41. The lowest BCUT2D eigenvalue weighted by molar-refractivity contribution is -0.123. The first-order valence-electron chi connectivity index (χ1n) is 5.90. The average Bonchev–Trinajstić information content (AvgIpc) is 2.25. The highest BCUT2D eigenvalue weighted by Gasteiger charge is 2.28. The third-order valence-electron chi connectivity index (χ3n) is 3.30. The maximum atomic E-state index is 11.9. The van der Waals surface area contributed by atoms with Crippen molar-refractivity contribution in [2.45, 2.75) is 46.0 Å². The first-order valence-corrected chi connectivity index (χ1v) is 7.05. The Morgan fingerprint density at radius 1 is 1.29 bits per heavy atom. The first-order chi connectivity index (χ1) is 6.79. The van der Waals surface area contributed by atoms with Crippen molar-refractivity contribution >= 4 is 17.5 Å². The number of thioether (sulfide) groups is 1. The Morgan fingerprint density at radius 2 is 2.00 bits per heavy atom. The number of Topliss-reactive ketones (excluding diaryl/α,β-unsaturated/α-hetero) is 1. The molecular formula is C12H22OS. The summed E-state index contributed by atoms with van der Waals surface area (Å²) in [6.45, 7) is 4.35. The highest BCUT2D eigenvalue weighted by atomic mass is 32.2. The quantitative estimate of drug-likeness (QED) is 0.696. The van der Waals surface area contributed by atoms with E-state index in [2.05, 4.69) is 13.8 Å². The largest absolute Gasteiger partial charge is 0.298 e. The first kappa shape index (κ1) is 12.1. The Kier molecular flexibility index (Phi) is 5.61. The van der Waals surface area contributed by atoms with E-state index in [0.717, 1.165) is 17.9 Å². The second kappa shape index (κ2) is 6.49. The summed E-state index contributed by atoms with van der Waals surface area (Å²) in [6, 6.07) is 0. The molecule has 1 aliphatic carbocycles. The Bertz CT molecular complexity index is 179. The molecule has 0 aromatic carbocycles. The van der Waals surface area contributed by atoms with Crippen LogP contribution in [0.2, 0.25) is 0 Å². The van der Waals surface area contributed by atoms with E-state index in [0.29, 0.717) is 17.6 Å². The molecule has 82 valence electrons. The van der Waals surface area contributed by atoms with Crippen molar-refractivity contribution in [1.29, 1.82) is 0 Å². The van der Waals surface area contributed by atoms with Crippen LogP contribution in [-0.2, 0) is 4.79 Å². The molecular weight excluding hydrogens is 192 g/mol. The van der Waals surface area contributed by atoms with Crippen molar-refractivity contribution in [2.75, 3.05) is 11.5 Å². The molecule has 2 atom stereocenters. The summed E-state index contributed by atoms with van der Waals surface area (Å²) < 4.78 is 0. The lowest BCUT2D eigenvalue weighted by atomic mass is 9.76. The van der Waals surface area contributed by atoms with Crippen LogP contribution in [0.25, 0.3) is 0 Å². The van der Waals surface area contributed by atoms with Crippen LogP contribution in [0, 0.1) is 11.8 Å². The van der Waals surface area contributed by atoms with Crippen molar-refractivity contribution in [3.8, 4) is 0 Å². The number of hydrogen-bond acceptors (Lipinski definition) is 2. The van der Waals surface area contributed by atoms with Crippen LogP contribution in [0.15, 0.2) is 0 Å². The van der Waals surface area contributed by atoms with Crippen LogP contribution in [0.4, 0.5) is 0 Å². The van der Waals surface area contributed by atoms with E-state index in [1.807, 2.05) is 0 Å². The molecule has 0 aliphatic heterocycles. The summed E-state index contributed by atoms with van der Waals surface area (Å²) in [7, 11) is 0. The smallest absolute Gasteiger partial charge is 0.146 e. The summed E-state index contributed by atoms with van der Waals surface area (Å²) in [4.78, 5) is 11.9. The summed E-state index contributed by atoms with van der Waals surface area (Å²) in [5.74, 6) is 3.41. The second-order valence-electron chi connectivity index (χ2n) is 4.16. The van der Waals surface area contributed by atoms with Gasteiger partial charge in [-0.1, -0.05) is 33.1 Å². The Morgan fingerprint density at radius 3 is 2.64 bits per heavy atom. The minimum atomic E-state index is 0.396. The second-order valence-corrected chi connectivity index (χ2v) is 5.44. The minimum Gasteiger partial charge on any atom is -0.298 e. The van der Waals surface area contributed by atoms with Gasteiger partial charge in [-0.3, -0.25) is 4.79 Å². The van der Waals surface area contributed by atoms with E-state index < -0.39 is 0 Å². The summed E-state index contributed by atoms with van der Waals surface area (Å²) in [5, 5.41) is 0. The summed E-state index contributed by atoms with van der Waals surface area (Å²) >= 11 is 1.77. The monoisotopic (exact) mass is 214 g/mol. The molecule has 1 rings (SSSR count). The number of carbonyl (C=O) groups excluding carboxylic acids is 1. The molecule has 0 heterocycles. The molecule has 14 heavy (non-hydrogen) atoms. The van der Waals surface area contributed by atoms with Gasteiger partial charge in [0.25, 0.3) is 0 Å². The van der Waals surface area contributed by atoms with Crippen LogP contribution < -0.4 is 0 Å². The molecule has 0 N–H and O–H groups in total. The third kappa shape index (κ3) is 3.30. The van der Waals surface area contributed by atoms with Gasteiger partial charge >= 0.3 is 0 Å². The predicted octanol–water partition coefficient (Wildman–Crippen LogP) is 3.53. The number of carbonyl (C=O) groups is 1. The van der Waals surface area contributed by atoms with Gasteiger partial charge in [0.05, 0.1) is 5.75 Å². The van der Waals surface area contributed by atoms with Gasteiger partial charge in [0.2, 0.25) is 0 Å². The molecule has 1 saturated carbocycles. The van der Waals surface area contributed by atoms with E-state index in [-0.39, 0.29) is 0 Å². The van der Waals surface area contributed by atoms with Gasteiger partial charge in [0.15, 0.2) is 0 Å². The van der Waals surface area contributed by atoms with Gasteiger partial charge in [-0.05, 0) is 24.5 Å². The number of ketones is 1. The lowest BCUT2D eigenvalue weighted by Gasteiger charge is -2.29. The predicted molar refractivity (Wildman–Crippen MR) is 63.7 cm³/mol. The summed E-state index contributed by atoms with van der Waals surface area (Å²) in [6.07, 6.45) is 6.23. The fourth-order valence-corrected chi connectivity index (χ4v) is 3.05. The van der Waals surface area contributed by atoms with Crippen LogP contribution >= 0.6 is 11.8 Å². The van der Waals surface area contributed by atoms with Crippen molar-refractivity contribution in [1.82, 2.24) is 0 Å². The van der Waals surface area contributed by atoms with Gasteiger partial charge < -0.3 is 0 Å². The average molecular weight is 214 g/mol. The van der Waals surface area contributed by atoms with E-state index in [4.69, 9.17) is 0 Å². The normalized spacial score (nSPS) is 27.6. The zero-order valence-corrected chi connectivity index (χ0v) is 10.2. The molecule has 0 spiro atoms. The molecule has 2 unspecified atom stereocenters. The minimum absolute atomic E-state index is 0.396. The highest BCUT2D eigenvalue weighted by molar-refractivity contribution is 7.99. The SMILES string of the molecule is CCSCC(=O)C1CCCCC1CC. The molecule has 0 saturated heterocycles. The summed E-state index contributed by atoms with van der Waals surface area (Å²) in [5.41, 5.74) is 0. The van der Waals surface area contributed by atoms with Crippen molar-refractivity contribution in [2.24, 2.45) is 11.8 Å². The highest BCUT2D eigenvalue weighted by Crippen LogP contribution is 2.33. The Labute approximate surface area is 92.0 Å². The van der Waals surface area contributed by atoms with Crippen molar-refractivity contribution in [3.05, 3.63) is 0 Å². The van der Waals surface area contributed by atoms with Crippen LogP contribution in [0.3, 0.4) is 0 Å². The molecule has 0 aromatic rings. The maximum Gasteiger partial charge on any atom is 0.146 e. The standard InChI is InChI=1S/C12H22OS/c1-3-10-7-5-6-8-11(10)12(13)9-14-4-2/h10-11H,3-9H2,1-2H3. The van der Waals surface area contributed by atoms with E-state index >= 15 is 0 Å². The molecule has 1 nitrogen and oxygen atoms in total. The third-order valence-corrected chi connectivity index (χ3v) is 4.19. The maximum absolute atomic E-state index is 11.9. The van der Waals surface area contributed by atoms with Gasteiger partial charge in [-0.2, -0.15) is 11.8 Å². The topological polar surface area (TPSA) is 17.1 Å². The van der Waals surface area contributed by atoms with Crippen LogP contribution in [0.1, 0.15) is 46.0 Å². The molecule has 0 amide bonds. The van der Waals surface area contributed by atoms with E-state index in [1.54, 1.807) is 11.8 Å². The van der Waals surface area contributed by atoms with Crippen LogP contribution in [-0.4, -0.2) is 17.3 Å². The van der Waals surface area contributed by atoms with Gasteiger partial charge in [-0.15, -0.1) is 0 Å². The van der Waals surface area contributed by atoms with Gasteiger partial charge in [-0.25, -0.2) is 0 Å². The van der Waals surface area contributed by atoms with Gasteiger partial charge in [0.1, 0.15) is 5.78 Å². The number of hydrogen-bond donors (Lipinski definition) is 0. The van der Waals surface area contributed by atoms with Crippen molar-refractivity contribution < 1.29 is 4.79 Å². The van der Waals surface area contributed by atoms with E-state index in [1.165, 1.54) is 25.7 Å². The fraction of sp³-hybridized carbons (Fsp3) is 0.917. The number of rotatable bonds is 5. The molecule has 0 aromatic heterocycles. The van der Waals surface area contributed by atoms with E-state index in [9.17, 15) is 4.79 Å². The molecule has 1 aliphatic rings. The molecule has 0 bridgehead atoms. The zero-order chi connectivity index (χ0) is 10.4. The molecule has 1 fully saturated rings. The van der Waals surface area contributed by atoms with Crippen molar-refractivity contribution in [3.63, 3.8) is 0 Å². The Hall–Kier alpha value is 0.0200. The molecule has 2 heteroatoms.